The first kappa shape index (κ1) is 23.3. The molecule has 9 heteroatoms. The molecule has 0 saturated carbocycles. The monoisotopic (exact) mass is 611 g/mol. The number of benzene rings is 3. The van der Waals surface area contributed by atoms with Crippen LogP contribution in [0.2, 0.25) is 10.0 Å². The van der Waals surface area contributed by atoms with Gasteiger partial charge in [-0.25, -0.2) is 4.79 Å². The Morgan fingerprint density at radius 3 is 2.56 bits per heavy atom. The minimum atomic E-state index is -0.446. The van der Waals surface area contributed by atoms with Gasteiger partial charge in [0.15, 0.2) is 4.32 Å². The molecule has 3 aromatic carbocycles. The van der Waals surface area contributed by atoms with Crippen LogP contribution >= 0.6 is 69.8 Å². The standard InChI is InChI=1S/C23H12Cl2INO3S2/c24-17-9-8-14(12-18(17)25)27-21(28)20(32-23(27)31)11-13-4-3-5-15(10-13)30-22(29)16-6-1-2-7-19(16)26/h1-12H/b20-11-. The zero-order valence-corrected chi connectivity index (χ0v) is 21.4. The lowest BCUT2D eigenvalue weighted by atomic mass is 10.2. The van der Waals surface area contributed by atoms with Gasteiger partial charge in [-0.3, -0.25) is 9.69 Å². The number of esters is 1. The number of carbonyl (C=O) groups excluding carboxylic acids is 2. The van der Waals surface area contributed by atoms with Crippen molar-refractivity contribution in [2.45, 2.75) is 0 Å². The minimum Gasteiger partial charge on any atom is -0.423 e. The van der Waals surface area contributed by atoms with E-state index in [2.05, 4.69) is 22.6 Å². The maximum absolute atomic E-state index is 13.0. The lowest BCUT2D eigenvalue weighted by molar-refractivity contribution is -0.113. The molecule has 0 bridgehead atoms. The van der Waals surface area contributed by atoms with Gasteiger partial charge in [-0.1, -0.05) is 71.4 Å². The summed E-state index contributed by atoms with van der Waals surface area (Å²) in [6, 6.07) is 19.0. The van der Waals surface area contributed by atoms with Crippen LogP contribution in [0.1, 0.15) is 15.9 Å². The fourth-order valence-electron chi connectivity index (χ4n) is 2.92. The summed E-state index contributed by atoms with van der Waals surface area (Å²) >= 11 is 20.7. The third kappa shape index (κ3) is 5.02. The molecule has 3 aromatic rings. The highest BCUT2D eigenvalue weighted by molar-refractivity contribution is 14.1. The van der Waals surface area contributed by atoms with Gasteiger partial charge < -0.3 is 4.74 Å². The van der Waals surface area contributed by atoms with Crippen LogP contribution in [0.5, 0.6) is 5.75 Å². The summed E-state index contributed by atoms with van der Waals surface area (Å²) < 4.78 is 6.71. The molecular weight excluding hydrogens is 600 g/mol. The number of halogens is 3. The van der Waals surface area contributed by atoms with Gasteiger partial charge in [0, 0.05) is 3.57 Å². The van der Waals surface area contributed by atoms with Crippen molar-refractivity contribution >= 4 is 97.7 Å². The molecule has 160 valence electrons. The lowest BCUT2D eigenvalue weighted by Gasteiger charge is -2.15. The number of nitrogens with zero attached hydrogens (tertiary/aromatic N) is 1. The number of rotatable bonds is 4. The van der Waals surface area contributed by atoms with E-state index in [1.807, 2.05) is 18.2 Å². The lowest BCUT2D eigenvalue weighted by Crippen LogP contribution is -2.27. The largest absolute Gasteiger partial charge is 0.423 e. The van der Waals surface area contributed by atoms with Crippen LogP contribution in [-0.2, 0) is 4.79 Å². The second-order valence-corrected chi connectivity index (χ2v) is 10.2. The zero-order valence-electron chi connectivity index (χ0n) is 16.1. The molecule has 1 aliphatic heterocycles. The molecule has 1 amide bonds. The van der Waals surface area contributed by atoms with Crippen LogP contribution in [0, 0.1) is 3.57 Å². The molecule has 1 aliphatic rings. The Hall–Kier alpha value is -1.91. The van der Waals surface area contributed by atoms with Crippen molar-refractivity contribution in [2.24, 2.45) is 0 Å². The summed E-state index contributed by atoms with van der Waals surface area (Å²) in [5.41, 5.74) is 1.74. The molecule has 32 heavy (non-hydrogen) atoms. The molecule has 0 atom stereocenters. The van der Waals surface area contributed by atoms with Crippen molar-refractivity contribution in [1.82, 2.24) is 0 Å². The Balaban J connectivity index is 1.56. The van der Waals surface area contributed by atoms with E-state index in [1.165, 1.54) is 16.7 Å². The maximum atomic E-state index is 13.0. The van der Waals surface area contributed by atoms with Gasteiger partial charge in [-0.15, -0.1) is 0 Å². The summed E-state index contributed by atoms with van der Waals surface area (Å²) in [7, 11) is 0. The predicted molar refractivity (Wildman–Crippen MR) is 143 cm³/mol. The number of thioether (sulfide) groups is 1. The van der Waals surface area contributed by atoms with E-state index < -0.39 is 5.97 Å². The smallest absolute Gasteiger partial charge is 0.344 e. The third-order valence-electron chi connectivity index (χ3n) is 4.42. The number of carbonyl (C=O) groups is 2. The average Bonchev–Trinajstić information content (AvgIpc) is 3.03. The molecule has 0 unspecified atom stereocenters. The van der Waals surface area contributed by atoms with Crippen LogP contribution in [0.15, 0.2) is 71.6 Å². The van der Waals surface area contributed by atoms with Gasteiger partial charge in [-0.2, -0.15) is 0 Å². The molecule has 0 aromatic heterocycles. The van der Waals surface area contributed by atoms with Crippen molar-refractivity contribution in [2.75, 3.05) is 4.90 Å². The molecule has 4 nitrogen and oxygen atoms in total. The normalized spacial score (nSPS) is 14.8. The molecule has 0 aliphatic carbocycles. The van der Waals surface area contributed by atoms with Crippen LogP contribution < -0.4 is 9.64 Å². The Labute approximate surface area is 217 Å². The quantitative estimate of drug-likeness (QED) is 0.102. The van der Waals surface area contributed by atoms with Gasteiger partial charge >= 0.3 is 5.97 Å². The number of hydrogen-bond donors (Lipinski definition) is 0. The van der Waals surface area contributed by atoms with Gasteiger partial charge in [0.2, 0.25) is 0 Å². The highest BCUT2D eigenvalue weighted by Gasteiger charge is 2.33. The van der Waals surface area contributed by atoms with E-state index >= 15 is 0 Å². The van der Waals surface area contributed by atoms with Crippen molar-refractivity contribution < 1.29 is 14.3 Å². The number of amides is 1. The first-order valence-corrected chi connectivity index (χ1v) is 12.2. The molecule has 0 radical (unpaired) electrons. The fourth-order valence-corrected chi connectivity index (χ4v) is 5.12. The highest BCUT2D eigenvalue weighted by atomic mass is 127. The first-order valence-electron chi connectivity index (χ1n) is 9.13. The van der Waals surface area contributed by atoms with E-state index in [-0.39, 0.29) is 5.91 Å². The van der Waals surface area contributed by atoms with Crippen molar-refractivity contribution in [3.05, 3.63) is 96.4 Å². The molecule has 4 rings (SSSR count). The minimum absolute atomic E-state index is 0.264. The van der Waals surface area contributed by atoms with Crippen molar-refractivity contribution in [3.8, 4) is 5.75 Å². The summed E-state index contributed by atoms with van der Waals surface area (Å²) in [4.78, 5) is 27.3. The Bertz CT molecular complexity index is 1300. The molecular formula is C23H12Cl2INO3S2. The van der Waals surface area contributed by atoms with Crippen LogP contribution in [-0.4, -0.2) is 16.2 Å². The molecule has 0 spiro atoms. The summed E-state index contributed by atoms with van der Waals surface area (Å²) in [5, 5.41) is 0.734. The summed E-state index contributed by atoms with van der Waals surface area (Å²) in [6.45, 7) is 0. The molecule has 1 saturated heterocycles. The topological polar surface area (TPSA) is 46.6 Å². The third-order valence-corrected chi connectivity index (χ3v) is 7.40. The number of ether oxygens (including phenoxy) is 1. The van der Waals surface area contributed by atoms with Crippen molar-refractivity contribution in [1.29, 1.82) is 0 Å². The van der Waals surface area contributed by atoms with E-state index in [0.29, 0.717) is 41.8 Å². The molecule has 1 heterocycles. The van der Waals surface area contributed by atoms with Crippen LogP contribution in [0.25, 0.3) is 6.08 Å². The van der Waals surface area contributed by atoms with Crippen molar-refractivity contribution in [3.63, 3.8) is 0 Å². The summed E-state index contributed by atoms with van der Waals surface area (Å²) in [6.07, 6.45) is 1.71. The van der Waals surface area contributed by atoms with E-state index in [4.69, 9.17) is 40.2 Å². The average molecular weight is 612 g/mol. The van der Waals surface area contributed by atoms with E-state index in [0.717, 1.165) is 3.57 Å². The Morgan fingerprint density at radius 1 is 1.03 bits per heavy atom. The van der Waals surface area contributed by atoms with Crippen LogP contribution in [0.4, 0.5) is 5.69 Å². The number of hydrogen-bond acceptors (Lipinski definition) is 5. The molecule has 1 fully saturated rings. The zero-order chi connectivity index (χ0) is 22.8. The number of anilines is 1. The Morgan fingerprint density at radius 2 is 1.81 bits per heavy atom. The highest BCUT2D eigenvalue weighted by Crippen LogP contribution is 2.38. The van der Waals surface area contributed by atoms with Gasteiger partial charge in [0.05, 0.1) is 26.2 Å². The second kappa shape index (κ2) is 9.93. The fraction of sp³-hybridized carbons (Fsp3) is 0. The van der Waals surface area contributed by atoms with Gasteiger partial charge in [-0.05, 0) is 76.7 Å². The van der Waals surface area contributed by atoms with E-state index in [1.54, 1.807) is 54.6 Å². The van der Waals surface area contributed by atoms with Gasteiger partial charge in [0.25, 0.3) is 5.91 Å². The SMILES string of the molecule is O=C(Oc1cccc(/C=C2\SC(=S)N(c3ccc(Cl)c(Cl)c3)C2=O)c1)c1ccccc1I. The number of thiocarbonyl (C=S) groups is 1. The second-order valence-electron chi connectivity index (χ2n) is 6.56. The summed E-state index contributed by atoms with van der Waals surface area (Å²) in [5.74, 6) is -0.332. The predicted octanol–water partition coefficient (Wildman–Crippen LogP) is 7.22. The van der Waals surface area contributed by atoms with E-state index in [9.17, 15) is 9.59 Å². The first-order chi connectivity index (χ1) is 15.3. The van der Waals surface area contributed by atoms with Crippen LogP contribution in [0.3, 0.4) is 0 Å². The Kier molecular flexibility index (Phi) is 7.21. The maximum Gasteiger partial charge on any atom is 0.344 e. The van der Waals surface area contributed by atoms with Gasteiger partial charge in [0.1, 0.15) is 5.75 Å². The molecule has 0 N–H and O–H groups in total.